The van der Waals surface area contributed by atoms with Gasteiger partial charge < -0.3 is 0 Å². The van der Waals surface area contributed by atoms with E-state index in [-0.39, 0.29) is 5.91 Å². The predicted octanol–water partition coefficient (Wildman–Crippen LogP) is 3.48. The zero-order chi connectivity index (χ0) is 15.8. The molecule has 114 valence electrons. The molecule has 4 aromatic rings. The van der Waals surface area contributed by atoms with Gasteiger partial charge in [-0.15, -0.1) is 26.6 Å². The van der Waals surface area contributed by atoms with Gasteiger partial charge in [-0.3, -0.25) is 10.1 Å². The van der Waals surface area contributed by atoms with Crippen LogP contribution in [0.5, 0.6) is 0 Å². The molecule has 23 heavy (non-hydrogen) atoms. The fourth-order valence-electron chi connectivity index (χ4n) is 2.23. The maximum atomic E-state index is 12.1. The third kappa shape index (κ3) is 2.51. The molecule has 8 heteroatoms. The number of benzene rings is 1. The third-order valence-corrected chi connectivity index (χ3v) is 5.03. The number of hydrogen-bond donors (Lipinski definition) is 1. The minimum Gasteiger partial charge on any atom is -0.296 e. The molecule has 1 aromatic carbocycles. The largest absolute Gasteiger partial charge is 0.296 e. The smallest absolute Gasteiger partial charge is 0.267 e. The van der Waals surface area contributed by atoms with Crippen LogP contribution in [-0.4, -0.2) is 25.7 Å². The van der Waals surface area contributed by atoms with Crippen LogP contribution in [0.3, 0.4) is 0 Å². The summed E-state index contributed by atoms with van der Waals surface area (Å²) in [5.41, 5.74) is 2.07. The molecule has 1 amide bonds. The van der Waals surface area contributed by atoms with Crippen LogP contribution in [0.4, 0.5) is 5.13 Å². The summed E-state index contributed by atoms with van der Waals surface area (Å²) in [5.74, 6) is 0.508. The number of aryl methyl sites for hydroxylation is 1. The first-order valence-corrected chi connectivity index (χ1v) is 8.55. The van der Waals surface area contributed by atoms with Gasteiger partial charge in [0.25, 0.3) is 5.91 Å². The number of thiophene rings is 1. The first-order chi connectivity index (χ1) is 11.2. The Labute approximate surface area is 139 Å². The number of hydrogen-bond acceptors (Lipinski definition) is 6. The van der Waals surface area contributed by atoms with Crippen molar-refractivity contribution >= 4 is 38.7 Å². The quantitative estimate of drug-likeness (QED) is 0.619. The van der Waals surface area contributed by atoms with E-state index in [1.165, 1.54) is 22.7 Å². The van der Waals surface area contributed by atoms with Gasteiger partial charge in [-0.05, 0) is 23.9 Å². The van der Waals surface area contributed by atoms with Crippen molar-refractivity contribution in [3.05, 3.63) is 52.2 Å². The summed E-state index contributed by atoms with van der Waals surface area (Å²) in [4.78, 5) is 13.4. The molecule has 1 N–H and O–H groups in total. The molecule has 0 atom stereocenters. The van der Waals surface area contributed by atoms with Gasteiger partial charge in [0, 0.05) is 5.56 Å². The van der Waals surface area contributed by atoms with Crippen molar-refractivity contribution in [3.8, 4) is 11.4 Å². The number of nitrogens with zero attached hydrogens (tertiary/aromatic N) is 4. The number of nitrogens with one attached hydrogen (secondary N) is 1. The lowest BCUT2D eigenvalue weighted by atomic mass is 10.1. The first-order valence-electron chi connectivity index (χ1n) is 6.85. The SMILES string of the molecule is Cc1ccccc1-c1nnc2sc(NC(=O)c3cccs3)nn12. The predicted molar refractivity (Wildman–Crippen MR) is 91.1 cm³/mol. The van der Waals surface area contributed by atoms with Crippen LogP contribution in [-0.2, 0) is 0 Å². The van der Waals surface area contributed by atoms with E-state index in [1.807, 2.05) is 42.6 Å². The summed E-state index contributed by atoms with van der Waals surface area (Å²) >= 11 is 2.69. The Hall–Kier alpha value is -2.58. The molecule has 3 heterocycles. The Kier molecular flexibility index (Phi) is 3.40. The second-order valence-electron chi connectivity index (χ2n) is 4.87. The summed E-state index contributed by atoms with van der Waals surface area (Å²) < 4.78 is 1.66. The Bertz CT molecular complexity index is 987. The molecular weight excluding hydrogens is 330 g/mol. The van der Waals surface area contributed by atoms with Crippen molar-refractivity contribution in [2.24, 2.45) is 0 Å². The minimum absolute atomic E-state index is 0.164. The van der Waals surface area contributed by atoms with Gasteiger partial charge in [0.05, 0.1) is 4.88 Å². The lowest BCUT2D eigenvalue weighted by Gasteiger charge is -2.01. The van der Waals surface area contributed by atoms with Crippen LogP contribution in [0.15, 0.2) is 41.8 Å². The van der Waals surface area contributed by atoms with Crippen molar-refractivity contribution < 1.29 is 4.79 Å². The molecular formula is C15H11N5OS2. The van der Waals surface area contributed by atoms with E-state index in [9.17, 15) is 4.79 Å². The highest BCUT2D eigenvalue weighted by Gasteiger charge is 2.16. The number of carbonyl (C=O) groups excluding carboxylic acids is 1. The average Bonchev–Trinajstić information content (AvgIpc) is 3.24. The summed E-state index contributed by atoms with van der Waals surface area (Å²) in [6.07, 6.45) is 0. The van der Waals surface area contributed by atoms with E-state index in [4.69, 9.17) is 0 Å². The Morgan fingerprint density at radius 1 is 1.17 bits per heavy atom. The molecule has 0 aliphatic carbocycles. The maximum absolute atomic E-state index is 12.1. The number of aromatic nitrogens is 4. The normalized spacial score (nSPS) is 11.0. The van der Waals surface area contributed by atoms with Crippen molar-refractivity contribution in [1.29, 1.82) is 0 Å². The highest BCUT2D eigenvalue weighted by Crippen LogP contribution is 2.26. The summed E-state index contributed by atoms with van der Waals surface area (Å²) in [6.45, 7) is 2.02. The van der Waals surface area contributed by atoms with Gasteiger partial charge in [-0.1, -0.05) is 41.7 Å². The zero-order valence-electron chi connectivity index (χ0n) is 12.1. The number of anilines is 1. The molecule has 3 aromatic heterocycles. The minimum atomic E-state index is -0.164. The van der Waals surface area contributed by atoms with Crippen LogP contribution in [0.25, 0.3) is 16.3 Å². The van der Waals surface area contributed by atoms with Gasteiger partial charge in [0.1, 0.15) is 0 Å². The standard InChI is InChI=1S/C15H11N5OS2/c1-9-5-2-3-6-10(9)12-17-18-15-20(12)19-14(23-15)16-13(21)11-7-4-8-22-11/h2-8H,1H3,(H,16,19,21). The highest BCUT2D eigenvalue weighted by molar-refractivity contribution is 7.20. The lowest BCUT2D eigenvalue weighted by Crippen LogP contribution is -2.10. The molecule has 6 nitrogen and oxygen atoms in total. The van der Waals surface area contributed by atoms with Crippen LogP contribution in [0, 0.1) is 6.92 Å². The second kappa shape index (κ2) is 5.56. The fraction of sp³-hybridized carbons (Fsp3) is 0.0667. The molecule has 0 aliphatic heterocycles. The van der Waals surface area contributed by atoms with Gasteiger partial charge in [0.15, 0.2) is 5.82 Å². The first kappa shape index (κ1) is 14.0. The Morgan fingerprint density at radius 3 is 2.83 bits per heavy atom. The topological polar surface area (TPSA) is 72.2 Å². The van der Waals surface area contributed by atoms with Gasteiger partial charge >= 0.3 is 0 Å². The summed E-state index contributed by atoms with van der Waals surface area (Å²) in [7, 11) is 0. The van der Waals surface area contributed by atoms with Crippen LogP contribution in [0.2, 0.25) is 0 Å². The van der Waals surface area contributed by atoms with E-state index in [2.05, 4.69) is 20.6 Å². The number of carbonyl (C=O) groups is 1. The van der Waals surface area contributed by atoms with Gasteiger partial charge in [-0.25, -0.2) is 0 Å². The van der Waals surface area contributed by atoms with E-state index in [1.54, 1.807) is 10.6 Å². The Morgan fingerprint density at radius 2 is 2.04 bits per heavy atom. The lowest BCUT2D eigenvalue weighted by molar-refractivity contribution is 0.103. The fourth-order valence-corrected chi connectivity index (χ4v) is 3.58. The third-order valence-electron chi connectivity index (χ3n) is 3.34. The van der Waals surface area contributed by atoms with Crippen molar-refractivity contribution in [1.82, 2.24) is 19.8 Å². The van der Waals surface area contributed by atoms with E-state index in [0.717, 1.165) is 11.1 Å². The monoisotopic (exact) mass is 341 g/mol. The molecule has 0 saturated carbocycles. The van der Waals surface area contributed by atoms with Gasteiger partial charge in [0.2, 0.25) is 10.1 Å². The number of fused-ring (bicyclic) bond motifs is 1. The molecule has 0 bridgehead atoms. The van der Waals surface area contributed by atoms with Crippen LogP contribution < -0.4 is 5.32 Å². The highest BCUT2D eigenvalue weighted by atomic mass is 32.1. The molecule has 4 rings (SSSR count). The maximum Gasteiger partial charge on any atom is 0.267 e. The van der Waals surface area contributed by atoms with E-state index >= 15 is 0 Å². The van der Waals surface area contributed by atoms with Crippen molar-refractivity contribution in [2.75, 3.05) is 5.32 Å². The number of amides is 1. The average molecular weight is 341 g/mol. The van der Waals surface area contributed by atoms with Crippen LogP contribution in [0.1, 0.15) is 15.2 Å². The molecule has 0 unspecified atom stereocenters. The second-order valence-corrected chi connectivity index (χ2v) is 6.78. The van der Waals surface area contributed by atoms with E-state index in [0.29, 0.717) is 20.8 Å². The van der Waals surface area contributed by atoms with Crippen LogP contribution >= 0.6 is 22.7 Å². The molecule has 0 spiro atoms. The molecule has 0 fully saturated rings. The van der Waals surface area contributed by atoms with Crippen molar-refractivity contribution in [3.63, 3.8) is 0 Å². The molecule has 0 saturated heterocycles. The molecule has 0 radical (unpaired) electrons. The Balaban J connectivity index is 1.70. The summed E-state index contributed by atoms with van der Waals surface area (Å²) in [5, 5.41) is 17.9. The van der Waals surface area contributed by atoms with Crippen molar-refractivity contribution in [2.45, 2.75) is 6.92 Å². The van der Waals surface area contributed by atoms with E-state index < -0.39 is 0 Å². The summed E-state index contributed by atoms with van der Waals surface area (Å²) in [6, 6.07) is 11.5. The number of rotatable bonds is 3. The molecule has 0 aliphatic rings. The van der Waals surface area contributed by atoms with Gasteiger partial charge in [-0.2, -0.15) is 4.52 Å². The zero-order valence-corrected chi connectivity index (χ0v) is 13.7.